The molecule has 0 saturated carbocycles. The van der Waals surface area contributed by atoms with Crippen LogP contribution in [0.1, 0.15) is 15.9 Å². The molecule has 0 unspecified atom stereocenters. The summed E-state index contributed by atoms with van der Waals surface area (Å²) in [5.74, 6) is -2.82. The van der Waals surface area contributed by atoms with Crippen molar-refractivity contribution in [1.29, 1.82) is 0 Å². The van der Waals surface area contributed by atoms with Gasteiger partial charge in [-0.3, -0.25) is 4.79 Å². The van der Waals surface area contributed by atoms with Gasteiger partial charge < -0.3 is 10.4 Å². The van der Waals surface area contributed by atoms with E-state index in [-0.39, 0.29) is 12.5 Å². The fourth-order valence-corrected chi connectivity index (χ4v) is 2.24. The van der Waals surface area contributed by atoms with Crippen molar-refractivity contribution < 1.29 is 18.7 Å². The Kier molecular flexibility index (Phi) is 5.30. The second kappa shape index (κ2) is 7.19. The van der Waals surface area contributed by atoms with Crippen LogP contribution in [0.3, 0.4) is 0 Å². The average molecular weight is 309 g/mol. The highest BCUT2D eigenvalue weighted by Crippen LogP contribution is 2.25. The second-order valence-electron chi connectivity index (χ2n) is 4.22. The number of halogens is 2. The van der Waals surface area contributed by atoms with Gasteiger partial charge in [-0.1, -0.05) is 23.9 Å². The van der Waals surface area contributed by atoms with E-state index in [1.54, 1.807) is 24.3 Å². The van der Waals surface area contributed by atoms with Crippen LogP contribution in [0.2, 0.25) is 0 Å². The van der Waals surface area contributed by atoms with Crippen molar-refractivity contribution in [1.82, 2.24) is 0 Å². The van der Waals surface area contributed by atoms with Crippen LogP contribution in [-0.4, -0.2) is 16.8 Å². The number of carbonyl (C=O) groups excluding carboxylic acids is 1. The molecule has 1 amide bonds. The van der Waals surface area contributed by atoms with Crippen LogP contribution in [0.5, 0.6) is 0 Å². The number of anilines is 1. The Labute approximate surface area is 125 Å². The van der Waals surface area contributed by atoms with Crippen LogP contribution >= 0.6 is 11.8 Å². The molecule has 2 N–H and O–H groups in total. The van der Waals surface area contributed by atoms with Crippen molar-refractivity contribution in [2.45, 2.75) is 17.3 Å². The fraction of sp³-hybridized carbons (Fsp3) is 0.133. The van der Waals surface area contributed by atoms with Crippen LogP contribution in [0.15, 0.2) is 53.4 Å². The molecule has 3 nitrogen and oxygen atoms in total. The lowest BCUT2D eigenvalue weighted by Gasteiger charge is -2.07. The topological polar surface area (TPSA) is 49.3 Å². The first-order valence-corrected chi connectivity index (χ1v) is 7.02. The quantitative estimate of drug-likeness (QED) is 0.827. The van der Waals surface area contributed by atoms with E-state index in [2.05, 4.69) is 5.32 Å². The van der Waals surface area contributed by atoms with Gasteiger partial charge in [-0.25, -0.2) is 0 Å². The zero-order chi connectivity index (χ0) is 15.2. The van der Waals surface area contributed by atoms with Crippen molar-refractivity contribution in [3.8, 4) is 0 Å². The number of amides is 1. The molecule has 0 aliphatic rings. The third-order valence-electron chi connectivity index (χ3n) is 2.71. The van der Waals surface area contributed by atoms with Crippen LogP contribution in [0.4, 0.5) is 14.5 Å². The minimum absolute atomic E-state index is 0.108. The minimum atomic E-state index is -2.48. The average Bonchev–Trinajstić information content (AvgIpc) is 2.47. The first kappa shape index (κ1) is 15.5. The molecule has 0 atom stereocenters. The number of aliphatic hydroxyl groups excluding tert-OH is 1. The third kappa shape index (κ3) is 4.54. The number of alkyl halides is 2. The van der Waals surface area contributed by atoms with E-state index in [0.717, 1.165) is 0 Å². The molecule has 6 heteroatoms. The molecule has 0 aliphatic heterocycles. The van der Waals surface area contributed by atoms with Gasteiger partial charge in [-0.15, -0.1) is 0 Å². The largest absolute Gasteiger partial charge is 0.392 e. The minimum Gasteiger partial charge on any atom is -0.392 e. The number of rotatable bonds is 5. The van der Waals surface area contributed by atoms with Gasteiger partial charge in [0.05, 0.1) is 6.61 Å². The molecule has 0 saturated heterocycles. The van der Waals surface area contributed by atoms with E-state index in [4.69, 9.17) is 5.11 Å². The molecule has 2 aromatic carbocycles. The summed E-state index contributed by atoms with van der Waals surface area (Å²) < 4.78 is 24.4. The highest BCUT2D eigenvalue weighted by Gasteiger charge is 2.09. The molecule has 0 aromatic heterocycles. The molecule has 0 fully saturated rings. The standard InChI is InChI=1S/C15H13F2NO2S/c16-15(17)21-13-6-4-11(5-7-13)14(20)18-12-3-1-2-10(8-12)9-19/h1-8,15,19H,9H2,(H,18,20). The van der Waals surface area contributed by atoms with Gasteiger partial charge in [0.25, 0.3) is 11.7 Å². The van der Waals surface area contributed by atoms with Gasteiger partial charge in [0.2, 0.25) is 0 Å². The highest BCUT2D eigenvalue weighted by atomic mass is 32.2. The predicted molar refractivity (Wildman–Crippen MR) is 78.6 cm³/mol. The number of benzene rings is 2. The number of hydrogen-bond acceptors (Lipinski definition) is 3. The molecule has 0 heterocycles. The lowest BCUT2D eigenvalue weighted by molar-refractivity contribution is 0.102. The summed E-state index contributed by atoms with van der Waals surface area (Å²) >= 11 is 0.435. The van der Waals surface area contributed by atoms with Crippen LogP contribution in [0, 0.1) is 0 Å². The number of nitrogens with one attached hydrogen (secondary N) is 1. The lowest BCUT2D eigenvalue weighted by Crippen LogP contribution is -2.11. The maximum absolute atomic E-state index is 12.2. The monoisotopic (exact) mass is 309 g/mol. The number of thioether (sulfide) groups is 1. The number of carbonyl (C=O) groups is 1. The van der Waals surface area contributed by atoms with Crippen molar-refractivity contribution in [3.63, 3.8) is 0 Å². The third-order valence-corrected chi connectivity index (χ3v) is 3.43. The van der Waals surface area contributed by atoms with E-state index in [1.165, 1.54) is 24.3 Å². The maximum Gasteiger partial charge on any atom is 0.288 e. The van der Waals surface area contributed by atoms with Crippen molar-refractivity contribution in [2.24, 2.45) is 0 Å². The van der Waals surface area contributed by atoms with Gasteiger partial charge in [0, 0.05) is 16.1 Å². The molecule has 110 valence electrons. The smallest absolute Gasteiger partial charge is 0.288 e. The molecule has 0 aliphatic carbocycles. The number of aliphatic hydroxyl groups is 1. The predicted octanol–water partition coefficient (Wildman–Crippen LogP) is 3.75. The first-order chi connectivity index (χ1) is 10.1. The Morgan fingerprint density at radius 3 is 2.52 bits per heavy atom. The molecular formula is C15H13F2NO2S. The van der Waals surface area contributed by atoms with Crippen molar-refractivity contribution >= 4 is 23.4 Å². The summed E-state index contributed by atoms with van der Waals surface area (Å²) in [5.41, 5.74) is 1.64. The van der Waals surface area contributed by atoms with E-state index >= 15 is 0 Å². The van der Waals surface area contributed by atoms with E-state index in [9.17, 15) is 13.6 Å². The Morgan fingerprint density at radius 2 is 1.90 bits per heavy atom. The van der Waals surface area contributed by atoms with Crippen LogP contribution in [0.25, 0.3) is 0 Å². The Balaban J connectivity index is 2.05. The maximum atomic E-state index is 12.2. The molecular weight excluding hydrogens is 296 g/mol. The van der Waals surface area contributed by atoms with E-state index in [0.29, 0.717) is 33.5 Å². The molecule has 2 aromatic rings. The van der Waals surface area contributed by atoms with Gasteiger partial charge in [0.1, 0.15) is 0 Å². The first-order valence-electron chi connectivity index (χ1n) is 6.14. The summed E-state index contributed by atoms with van der Waals surface area (Å²) in [6.45, 7) is -0.108. The van der Waals surface area contributed by atoms with Gasteiger partial charge in [-0.05, 0) is 42.0 Å². The molecule has 0 bridgehead atoms. The zero-order valence-electron chi connectivity index (χ0n) is 10.9. The van der Waals surface area contributed by atoms with E-state index < -0.39 is 5.76 Å². The zero-order valence-corrected chi connectivity index (χ0v) is 11.7. The van der Waals surface area contributed by atoms with E-state index in [1.807, 2.05) is 0 Å². The molecule has 0 spiro atoms. The van der Waals surface area contributed by atoms with Crippen LogP contribution in [-0.2, 0) is 6.61 Å². The number of hydrogen-bond donors (Lipinski definition) is 2. The van der Waals surface area contributed by atoms with Gasteiger partial charge in [0.15, 0.2) is 0 Å². The molecule has 21 heavy (non-hydrogen) atoms. The summed E-state index contributed by atoms with van der Waals surface area (Å²) in [6, 6.07) is 12.8. The Bertz CT molecular complexity index is 617. The molecule has 2 rings (SSSR count). The fourth-order valence-electron chi connectivity index (χ4n) is 1.74. The Morgan fingerprint density at radius 1 is 1.19 bits per heavy atom. The summed E-state index contributed by atoms with van der Waals surface area (Å²) in [7, 11) is 0. The van der Waals surface area contributed by atoms with Crippen LogP contribution < -0.4 is 5.32 Å². The second-order valence-corrected chi connectivity index (χ2v) is 5.28. The summed E-state index contributed by atoms with van der Waals surface area (Å²) in [4.78, 5) is 12.4. The normalized spacial score (nSPS) is 10.7. The van der Waals surface area contributed by atoms with Gasteiger partial charge >= 0.3 is 0 Å². The SMILES string of the molecule is O=C(Nc1cccc(CO)c1)c1ccc(SC(F)F)cc1. The Hall–Kier alpha value is -1.92. The van der Waals surface area contributed by atoms with Gasteiger partial charge in [-0.2, -0.15) is 8.78 Å². The molecule has 0 radical (unpaired) electrons. The van der Waals surface area contributed by atoms with Crippen molar-refractivity contribution in [2.75, 3.05) is 5.32 Å². The summed E-state index contributed by atoms with van der Waals surface area (Å²) in [5, 5.41) is 11.7. The lowest BCUT2D eigenvalue weighted by atomic mass is 10.2. The highest BCUT2D eigenvalue weighted by molar-refractivity contribution is 7.99. The summed E-state index contributed by atoms with van der Waals surface area (Å²) in [6.07, 6.45) is 0. The van der Waals surface area contributed by atoms with Crippen molar-refractivity contribution in [3.05, 3.63) is 59.7 Å².